The SMILES string of the molecule is CCC1CN(C)CCCN1c1cc(N)ccn1. The van der Waals surface area contributed by atoms with E-state index in [0.717, 1.165) is 37.6 Å². The number of hydrogen-bond acceptors (Lipinski definition) is 4. The topological polar surface area (TPSA) is 45.4 Å². The highest BCUT2D eigenvalue weighted by atomic mass is 15.3. The van der Waals surface area contributed by atoms with Crippen molar-refractivity contribution in [2.75, 3.05) is 37.3 Å². The number of anilines is 2. The molecule has 17 heavy (non-hydrogen) atoms. The first-order chi connectivity index (χ1) is 8.20. The van der Waals surface area contributed by atoms with Gasteiger partial charge in [-0.1, -0.05) is 6.92 Å². The molecule has 0 amide bonds. The molecule has 0 aliphatic carbocycles. The number of nitrogens with two attached hydrogens (primary N) is 1. The second-order valence-electron chi connectivity index (χ2n) is 4.82. The van der Waals surface area contributed by atoms with Crippen LogP contribution in [-0.2, 0) is 0 Å². The zero-order valence-electron chi connectivity index (χ0n) is 10.8. The van der Waals surface area contributed by atoms with E-state index in [0.29, 0.717) is 6.04 Å². The first-order valence-corrected chi connectivity index (χ1v) is 6.37. The molecule has 0 spiro atoms. The normalized spacial score (nSPS) is 22.5. The van der Waals surface area contributed by atoms with Crippen molar-refractivity contribution >= 4 is 11.5 Å². The van der Waals surface area contributed by atoms with Gasteiger partial charge in [-0.25, -0.2) is 4.98 Å². The quantitative estimate of drug-likeness (QED) is 0.844. The van der Waals surface area contributed by atoms with Gasteiger partial charge in [-0.05, 0) is 32.5 Å². The van der Waals surface area contributed by atoms with Gasteiger partial charge in [0.05, 0.1) is 0 Å². The summed E-state index contributed by atoms with van der Waals surface area (Å²) in [6, 6.07) is 4.36. The molecule has 1 aliphatic rings. The molecule has 1 atom stereocenters. The number of hydrogen-bond donors (Lipinski definition) is 1. The third kappa shape index (κ3) is 2.88. The van der Waals surface area contributed by atoms with Gasteiger partial charge < -0.3 is 15.5 Å². The van der Waals surface area contributed by atoms with E-state index in [1.807, 2.05) is 12.1 Å². The minimum Gasteiger partial charge on any atom is -0.399 e. The van der Waals surface area contributed by atoms with E-state index < -0.39 is 0 Å². The van der Waals surface area contributed by atoms with Crippen molar-refractivity contribution < 1.29 is 0 Å². The number of pyridine rings is 1. The Morgan fingerprint density at radius 1 is 1.47 bits per heavy atom. The van der Waals surface area contributed by atoms with Gasteiger partial charge in [-0.15, -0.1) is 0 Å². The van der Waals surface area contributed by atoms with E-state index >= 15 is 0 Å². The van der Waals surface area contributed by atoms with Crippen molar-refractivity contribution in [1.29, 1.82) is 0 Å². The fourth-order valence-electron chi connectivity index (χ4n) is 2.49. The average Bonchev–Trinajstić information content (AvgIpc) is 2.50. The molecule has 1 aromatic heterocycles. The Morgan fingerprint density at radius 2 is 2.29 bits per heavy atom. The summed E-state index contributed by atoms with van der Waals surface area (Å²) in [6.07, 6.45) is 4.12. The predicted molar refractivity (Wildman–Crippen MR) is 72.2 cm³/mol. The summed E-state index contributed by atoms with van der Waals surface area (Å²) in [5.41, 5.74) is 6.64. The summed E-state index contributed by atoms with van der Waals surface area (Å²) in [5.74, 6) is 1.02. The highest BCUT2D eigenvalue weighted by Gasteiger charge is 2.22. The Bertz CT molecular complexity index is 366. The Balaban J connectivity index is 2.22. The molecule has 1 saturated heterocycles. The van der Waals surface area contributed by atoms with Crippen LogP contribution in [0.15, 0.2) is 18.3 Å². The van der Waals surface area contributed by atoms with Gasteiger partial charge in [0.25, 0.3) is 0 Å². The largest absolute Gasteiger partial charge is 0.399 e. The highest BCUT2D eigenvalue weighted by molar-refractivity contribution is 5.51. The standard InChI is InChI=1S/C13H22N4/c1-3-12-10-16(2)7-4-8-17(12)13-9-11(14)5-6-15-13/h5-6,9,12H,3-4,7-8,10H2,1-2H3,(H2,14,15). The molecule has 94 valence electrons. The molecular weight excluding hydrogens is 212 g/mol. The molecule has 1 fully saturated rings. The Kier molecular flexibility index (Phi) is 3.84. The lowest BCUT2D eigenvalue weighted by atomic mass is 10.2. The second-order valence-corrected chi connectivity index (χ2v) is 4.82. The number of aromatic nitrogens is 1. The molecule has 2 N–H and O–H groups in total. The maximum absolute atomic E-state index is 5.84. The summed E-state index contributed by atoms with van der Waals surface area (Å²) >= 11 is 0. The first kappa shape index (κ1) is 12.2. The number of nitrogen functional groups attached to an aromatic ring is 1. The molecule has 1 aliphatic heterocycles. The van der Waals surface area contributed by atoms with Gasteiger partial charge in [0.1, 0.15) is 5.82 Å². The van der Waals surface area contributed by atoms with Gasteiger partial charge in [0.2, 0.25) is 0 Å². The summed E-state index contributed by atoms with van der Waals surface area (Å²) in [7, 11) is 2.19. The van der Waals surface area contributed by atoms with Crippen LogP contribution >= 0.6 is 0 Å². The molecule has 4 heteroatoms. The van der Waals surface area contributed by atoms with Crippen LogP contribution in [0, 0.1) is 0 Å². The van der Waals surface area contributed by atoms with Crippen molar-refractivity contribution in [1.82, 2.24) is 9.88 Å². The number of likely N-dealkylation sites (N-methyl/N-ethyl adjacent to an activating group) is 1. The molecule has 0 saturated carbocycles. The minimum atomic E-state index is 0.539. The van der Waals surface area contributed by atoms with Crippen LogP contribution in [0.25, 0.3) is 0 Å². The molecule has 1 unspecified atom stereocenters. The summed E-state index contributed by atoms with van der Waals surface area (Å²) < 4.78 is 0. The van der Waals surface area contributed by atoms with Crippen LogP contribution in [0.5, 0.6) is 0 Å². The van der Waals surface area contributed by atoms with Gasteiger partial charge in [0.15, 0.2) is 0 Å². The van der Waals surface area contributed by atoms with Crippen molar-refractivity contribution in [3.05, 3.63) is 18.3 Å². The van der Waals surface area contributed by atoms with Gasteiger partial charge in [0, 0.05) is 37.1 Å². The monoisotopic (exact) mass is 234 g/mol. The summed E-state index contributed by atoms with van der Waals surface area (Å²) in [4.78, 5) is 9.26. The van der Waals surface area contributed by atoms with Crippen molar-refractivity contribution in [2.45, 2.75) is 25.8 Å². The van der Waals surface area contributed by atoms with Crippen molar-refractivity contribution in [3.8, 4) is 0 Å². The molecule has 2 rings (SSSR count). The molecule has 1 aromatic rings. The highest BCUT2D eigenvalue weighted by Crippen LogP contribution is 2.21. The van der Waals surface area contributed by atoms with Crippen LogP contribution in [0.2, 0.25) is 0 Å². The summed E-state index contributed by atoms with van der Waals surface area (Å²) in [5, 5.41) is 0. The lowest BCUT2D eigenvalue weighted by Gasteiger charge is -2.31. The summed E-state index contributed by atoms with van der Waals surface area (Å²) in [6.45, 7) is 5.57. The number of rotatable bonds is 2. The van der Waals surface area contributed by atoms with Crippen molar-refractivity contribution in [2.24, 2.45) is 0 Å². The maximum Gasteiger partial charge on any atom is 0.130 e. The van der Waals surface area contributed by atoms with Crippen LogP contribution in [-0.4, -0.2) is 42.6 Å². The third-order valence-corrected chi connectivity index (χ3v) is 3.44. The Hall–Kier alpha value is -1.29. The van der Waals surface area contributed by atoms with Crippen molar-refractivity contribution in [3.63, 3.8) is 0 Å². The fraction of sp³-hybridized carbons (Fsp3) is 0.615. The molecule has 0 radical (unpaired) electrons. The number of nitrogens with zero attached hydrogens (tertiary/aromatic N) is 3. The second kappa shape index (κ2) is 5.36. The van der Waals surface area contributed by atoms with E-state index in [2.05, 4.69) is 28.8 Å². The van der Waals surface area contributed by atoms with E-state index in [4.69, 9.17) is 5.73 Å². The smallest absolute Gasteiger partial charge is 0.130 e. The predicted octanol–water partition coefficient (Wildman–Crippen LogP) is 1.58. The van der Waals surface area contributed by atoms with E-state index in [-0.39, 0.29) is 0 Å². The molecular formula is C13H22N4. The zero-order valence-corrected chi connectivity index (χ0v) is 10.8. The van der Waals surface area contributed by atoms with Crippen LogP contribution in [0.4, 0.5) is 11.5 Å². The Labute approximate surface area is 103 Å². The van der Waals surface area contributed by atoms with E-state index in [9.17, 15) is 0 Å². The zero-order chi connectivity index (χ0) is 12.3. The molecule has 2 heterocycles. The molecule has 0 aromatic carbocycles. The lowest BCUT2D eigenvalue weighted by Crippen LogP contribution is -2.40. The van der Waals surface area contributed by atoms with E-state index in [1.165, 1.54) is 6.42 Å². The first-order valence-electron chi connectivity index (χ1n) is 6.37. The maximum atomic E-state index is 5.84. The van der Waals surface area contributed by atoms with Crippen LogP contribution in [0.1, 0.15) is 19.8 Å². The minimum absolute atomic E-state index is 0.539. The fourth-order valence-corrected chi connectivity index (χ4v) is 2.49. The van der Waals surface area contributed by atoms with Gasteiger partial charge in [-0.3, -0.25) is 0 Å². The molecule has 4 nitrogen and oxygen atoms in total. The third-order valence-electron chi connectivity index (χ3n) is 3.44. The van der Waals surface area contributed by atoms with Gasteiger partial charge >= 0.3 is 0 Å². The average molecular weight is 234 g/mol. The Morgan fingerprint density at radius 3 is 3.00 bits per heavy atom. The van der Waals surface area contributed by atoms with Crippen LogP contribution < -0.4 is 10.6 Å². The lowest BCUT2D eigenvalue weighted by molar-refractivity contribution is 0.327. The van der Waals surface area contributed by atoms with E-state index in [1.54, 1.807) is 6.20 Å². The molecule has 0 bridgehead atoms. The van der Waals surface area contributed by atoms with Crippen LogP contribution in [0.3, 0.4) is 0 Å². The van der Waals surface area contributed by atoms with Gasteiger partial charge in [-0.2, -0.15) is 0 Å².